The minimum atomic E-state index is -1.20. The predicted octanol–water partition coefficient (Wildman–Crippen LogP) is 1.69. The van der Waals surface area contributed by atoms with E-state index >= 15 is 0 Å². The Morgan fingerprint density at radius 3 is 1.29 bits per heavy atom. The molecule has 0 bridgehead atoms. The first kappa shape index (κ1) is 31.0. The zero-order chi connectivity index (χ0) is 25.2. The van der Waals surface area contributed by atoms with Crippen LogP contribution in [0.5, 0.6) is 0 Å². The molecule has 0 saturated carbocycles. The van der Waals surface area contributed by atoms with Crippen molar-refractivity contribution < 1.29 is 48.7 Å². The average molecular weight is 451 g/mol. The van der Waals surface area contributed by atoms with Crippen molar-refractivity contribution in [1.29, 1.82) is 0 Å². The van der Waals surface area contributed by atoms with Crippen LogP contribution >= 0.6 is 0 Å². The van der Waals surface area contributed by atoms with Gasteiger partial charge in [-0.15, -0.1) is 0 Å². The summed E-state index contributed by atoms with van der Waals surface area (Å²) in [5.41, 5.74) is -1.24. The Hall–Kier alpha value is -2.20. The summed E-state index contributed by atoms with van der Waals surface area (Å²) in [6.45, 7) is 13.1. The van der Waals surface area contributed by atoms with E-state index in [4.69, 9.17) is 19.7 Å². The van der Waals surface area contributed by atoms with Crippen molar-refractivity contribution in [3.05, 3.63) is 0 Å². The lowest BCUT2D eigenvalue weighted by molar-refractivity contribution is -0.163. The van der Waals surface area contributed by atoms with E-state index in [1.807, 2.05) is 0 Å². The molecule has 0 aromatic heterocycles. The first-order valence-electron chi connectivity index (χ1n) is 9.91. The lowest BCUT2D eigenvalue weighted by atomic mass is 10.00. The fraction of sp³-hybridized carbons (Fsp3) is 0.810. The summed E-state index contributed by atoms with van der Waals surface area (Å²) in [6, 6.07) is 0. The number of aliphatic carboxylic acids is 1. The Bertz CT molecular complexity index is 596. The molecule has 0 aromatic carbocycles. The lowest BCUT2D eigenvalue weighted by Crippen LogP contribution is -2.32. The smallest absolute Gasteiger partial charge is 0.311 e. The number of carbonyl (C=O) groups is 4. The first-order chi connectivity index (χ1) is 13.8. The van der Waals surface area contributed by atoms with Gasteiger partial charge in [-0.05, 0) is 55.4 Å². The molecule has 31 heavy (non-hydrogen) atoms. The molecule has 0 unspecified atom stereocenters. The van der Waals surface area contributed by atoms with Crippen molar-refractivity contribution in [3.63, 3.8) is 0 Å². The minimum Gasteiger partial charge on any atom is -0.481 e. The molecule has 0 heterocycles. The third-order valence-electron chi connectivity index (χ3n) is 3.60. The number of ether oxygens (including phenoxy) is 3. The van der Waals surface area contributed by atoms with E-state index in [-0.39, 0.29) is 12.8 Å². The second-order valence-corrected chi connectivity index (χ2v) is 9.14. The van der Waals surface area contributed by atoms with Crippen molar-refractivity contribution in [2.75, 3.05) is 7.11 Å². The van der Waals surface area contributed by atoms with Crippen LogP contribution in [0.4, 0.5) is 0 Å². The van der Waals surface area contributed by atoms with Crippen molar-refractivity contribution >= 4 is 23.9 Å². The van der Waals surface area contributed by atoms with Crippen molar-refractivity contribution in [3.8, 4) is 0 Å². The number of aliphatic hydroxyl groups is 2. The summed E-state index contributed by atoms with van der Waals surface area (Å²) in [7, 11) is 1.22. The number of hydrogen-bond acceptors (Lipinski definition) is 9. The zero-order valence-electron chi connectivity index (χ0n) is 19.9. The Morgan fingerprint density at radius 1 is 0.742 bits per heavy atom. The highest BCUT2D eigenvalue weighted by Gasteiger charge is 2.30. The molecule has 10 heteroatoms. The van der Waals surface area contributed by atoms with Crippen LogP contribution in [0.25, 0.3) is 0 Å². The molecule has 0 aliphatic heterocycles. The second-order valence-electron chi connectivity index (χ2n) is 9.14. The van der Waals surface area contributed by atoms with Gasteiger partial charge in [-0.2, -0.15) is 0 Å². The second kappa shape index (κ2) is 13.3. The highest BCUT2D eigenvalue weighted by atomic mass is 16.6. The molecule has 0 aromatic rings. The minimum absolute atomic E-state index is 0.179. The Kier molecular flexibility index (Phi) is 13.3. The van der Waals surface area contributed by atoms with E-state index in [0.717, 1.165) is 0 Å². The van der Waals surface area contributed by atoms with Gasteiger partial charge in [0.15, 0.2) is 0 Å². The fourth-order valence-corrected chi connectivity index (χ4v) is 2.19. The quantitative estimate of drug-likeness (QED) is 0.367. The maximum atomic E-state index is 11.5. The van der Waals surface area contributed by atoms with Gasteiger partial charge < -0.3 is 29.5 Å². The SMILES string of the molecule is COC(=O)[C@@H](CC(=O)OC(C)(C)C)[C@@H](C)O.C[C@@H](O)[C@H](CC(=O)OC(C)(C)C)C(=O)O. The molecule has 3 N–H and O–H groups in total. The van der Waals surface area contributed by atoms with Gasteiger partial charge in [0.1, 0.15) is 11.2 Å². The van der Waals surface area contributed by atoms with Crippen molar-refractivity contribution in [2.45, 2.75) is 91.6 Å². The Balaban J connectivity index is 0. The number of esters is 3. The van der Waals surface area contributed by atoms with Crippen LogP contribution in [0.3, 0.4) is 0 Å². The molecule has 0 saturated heterocycles. The van der Waals surface area contributed by atoms with Gasteiger partial charge >= 0.3 is 23.9 Å². The highest BCUT2D eigenvalue weighted by molar-refractivity contribution is 5.80. The highest BCUT2D eigenvalue weighted by Crippen LogP contribution is 2.16. The molecule has 0 fully saturated rings. The van der Waals surface area contributed by atoms with Crippen LogP contribution in [0.2, 0.25) is 0 Å². The van der Waals surface area contributed by atoms with E-state index in [9.17, 15) is 24.3 Å². The Morgan fingerprint density at radius 2 is 1.06 bits per heavy atom. The lowest BCUT2D eigenvalue weighted by Gasteiger charge is -2.22. The number of carboxylic acids is 1. The van der Waals surface area contributed by atoms with Crippen LogP contribution in [-0.4, -0.2) is 69.7 Å². The summed E-state index contributed by atoms with van der Waals surface area (Å²) in [5, 5.41) is 27.2. The van der Waals surface area contributed by atoms with Gasteiger partial charge in [-0.25, -0.2) is 0 Å². The van der Waals surface area contributed by atoms with Crippen molar-refractivity contribution in [2.24, 2.45) is 11.8 Å². The molecule has 0 spiro atoms. The predicted molar refractivity (Wildman–Crippen MR) is 111 cm³/mol. The van der Waals surface area contributed by atoms with Crippen LogP contribution in [0.15, 0.2) is 0 Å². The van der Waals surface area contributed by atoms with Crippen LogP contribution < -0.4 is 0 Å². The van der Waals surface area contributed by atoms with Crippen LogP contribution in [-0.2, 0) is 33.4 Å². The van der Waals surface area contributed by atoms with Crippen LogP contribution in [0, 0.1) is 11.8 Å². The maximum absolute atomic E-state index is 11.5. The normalized spacial score (nSPS) is 15.3. The molecule has 4 atom stereocenters. The molecule has 0 radical (unpaired) electrons. The molecule has 0 amide bonds. The van der Waals surface area contributed by atoms with Gasteiger partial charge in [0.05, 0.1) is 44.0 Å². The van der Waals surface area contributed by atoms with E-state index in [0.29, 0.717) is 0 Å². The Labute approximate surface area is 183 Å². The summed E-state index contributed by atoms with van der Waals surface area (Å²) < 4.78 is 14.5. The zero-order valence-corrected chi connectivity index (χ0v) is 19.9. The first-order valence-corrected chi connectivity index (χ1v) is 9.91. The maximum Gasteiger partial charge on any atom is 0.311 e. The third-order valence-corrected chi connectivity index (χ3v) is 3.60. The number of hydrogen-bond donors (Lipinski definition) is 3. The van der Waals surface area contributed by atoms with E-state index in [1.165, 1.54) is 21.0 Å². The molecule has 0 aliphatic rings. The van der Waals surface area contributed by atoms with Crippen LogP contribution in [0.1, 0.15) is 68.2 Å². The van der Waals surface area contributed by atoms with E-state index in [2.05, 4.69) is 4.74 Å². The average Bonchev–Trinajstić information content (AvgIpc) is 2.53. The monoisotopic (exact) mass is 450 g/mol. The summed E-state index contributed by atoms with van der Waals surface area (Å²) >= 11 is 0. The van der Waals surface area contributed by atoms with Gasteiger partial charge in [-0.3, -0.25) is 19.2 Å². The number of rotatable bonds is 8. The van der Waals surface area contributed by atoms with E-state index < -0.39 is 59.1 Å². The molecule has 0 rings (SSSR count). The number of carbonyl (C=O) groups excluding carboxylic acids is 3. The number of carboxylic acid groups (broad SMARTS) is 1. The number of aliphatic hydroxyl groups excluding tert-OH is 2. The standard InChI is InChI=1S/C11H20O5.C10H18O5/c1-7(12)8(10(14)15-5)6-9(13)16-11(2,3)4;1-6(11)7(9(13)14)5-8(12)15-10(2,3)4/h7-8,12H,6H2,1-5H3;6-7,11H,5H2,1-4H3,(H,13,14)/t7-,8+;6-,7+/m11/s1. The van der Waals surface area contributed by atoms with E-state index in [1.54, 1.807) is 41.5 Å². The topological polar surface area (TPSA) is 157 Å². The molecule has 182 valence electrons. The van der Waals surface area contributed by atoms with Crippen molar-refractivity contribution in [1.82, 2.24) is 0 Å². The molecular formula is C21H38O10. The summed E-state index contributed by atoms with van der Waals surface area (Å²) in [6.07, 6.45) is -2.51. The van der Waals surface area contributed by atoms with Gasteiger partial charge in [0.25, 0.3) is 0 Å². The van der Waals surface area contributed by atoms with Gasteiger partial charge in [-0.1, -0.05) is 0 Å². The fourth-order valence-electron chi connectivity index (χ4n) is 2.19. The molecule has 0 aliphatic carbocycles. The third kappa shape index (κ3) is 16.2. The summed E-state index contributed by atoms with van der Waals surface area (Å²) in [4.78, 5) is 44.7. The van der Waals surface area contributed by atoms with Gasteiger partial charge in [0.2, 0.25) is 0 Å². The molecular weight excluding hydrogens is 412 g/mol. The molecule has 10 nitrogen and oxygen atoms in total. The van der Waals surface area contributed by atoms with Gasteiger partial charge in [0, 0.05) is 0 Å². The largest absolute Gasteiger partial charge is 0.481 e. The number of methoxy groups -OCH3 is 1. The summed E-state index contributed by atoms with van der Waals surface area (Å²) in [5.74, 6) is -4.93.